The SMILES string of the molecule is O=Cc1ncsc1Br. The molecule has 1 rings (SSSR count). The highest BCUT2D eigenvalue weighted by molar-refractivity contribution is 9.11. The molecule has 0 N–H and O–H groups in total. The first-order valence-electron chi connectivity index (χ1n) is 1.88. The van der Waals surface area contributed by atoms with Gasteiger partial charge in [0.25, 0.3) is 0 Å². The second-order valence-electron chi connectivity index (χ2n) is 1.13. The van der Waals surface area contributed by atoms with E-state index in [0.29, 0.717) is 5.69 Å². The summed E-state index contributed by atoms with van der Waals surface area (Å²) in [5, 5.41) is 0. The van der Waals surface area contributed by atoms with Crippen LogP contribution in [0.4, 0.5) is 0 Å². The Morgan fingerprint density at radius 1 is 1.88 bits per heavy atom. The molecule has 0 saturated carbocycles. The third-order valence-corrected chi connectivity index (χ3v) is 2.25. The van der Waals surface area contributed by atoms with Crippen LogP contribution in [-0.2, 0) is 0 Å². The van der Waals surface area contributed by atoms with Crippen molar-refractivity contribution in [3.05, 3.63) is 15.0 Å². The maximum absolute atomic E-state index is 10.0. The lowest BCUT2D eigenvalue weighted by Crippen LogP contribution is -1.75. The molecule has 0 fully saturated rings. The fourth-order valence-electron chi connectivity index (χ4n) is 0.317. The Kier molecular flexibility index (Phi) is 1.75. The summed E-state index contributed by atoms with van der Waals surface area (Å²) in [7, 11) is 0. The van der Waals surface area contributed by atoms with Gasteiger partial charge in [-0.3, -0.25) is 4.79 Å². The maximum Gasteiger partial charge on any atom is 0.170 e. The lowest BCUT2D eigenvalue weighted by Gasteiger charge is -1.74. The Morgan fingerprint density at radius 3 is 2.88 bits per heavy atom. The van der Waals surface area contributed by atoms with E-state index >= 15 is 0 Å². The highest BCUT2D eigenvalue weighted by atomic mass is 79.9. The van der Waals surface area contributed by atoms with E-state index in [-0.39, 0.29) is 0 Å². The molecule has 0 unspecified atom stereocenters. The lowest BCUT2D eigenvalue weighted by atomic mass is 10.6. The minimum absolute atomic E-state index is 0.481. The Labute approximate surface area is 58.7 Å². The zero-order valence-corrected chi connectivity index (χ0v) is 6.20. The minimum atomic E-state index is 0.481. The minimum Gasteiger partial charge on any atom is -0.296 e. The van der Waals surface area contributed by atoms with Crippen LogP contribution in [0.1, 0.15) is 10.5 Å². The topological polar surface area (TPSA) is 30.0 Å². The second kappa shape index (κ2) is 2.37. The van der Waals surface area contributed by atoms with E-state index < -0.39 is 0 Å². The summed E-state index contributed by atoms with van der Waals surface area (Å²) < 4.78 is 0.799. The van der Waals surface area contributed by atoms with Crippen molar-refractivity contribution in [1.82, 2.24) is 4.98 Å². The van der Waals surface area contributed by atoms with Gasteiger partial charge in [-0.15, -0.1) is 11.3 Å². The van der Waals surface area contributed by atoms with Crippen LogP contribution in [0.25, 0.3) is 0 Å². The largest absolute Gasteiger partial charge is 0.296 e. The summed E-state index contributed by atoms with van der Waals surface area (Å²) in [6, 6.07) is 0. The van der Waals surface area contributed by atoms with Gasteiger partial charge in [0.1, 0.15) is 9.48 Å². The Morgan fingerprint density at radius 2 is 2.62 bits per heavy atom. The molecule has 0 aliphatic carbocycles. The lowest BCUT2D eigenvalue weighted by molar-refractivity contribution is 0.111. The zero-order chi connectivity index (χ0) is 5.98. The molecule has 0 aliphatic rings. The van der Waals surface area contributed by atoms with Crippen molar-refractivity contribution in [2.24, 2.45) is 0 Å². The summed E-state index contributed by atoms with van der Waals surface area (Å²) in [5.74, 6) is 0. The number of rotatable bonds is 1. The predicted octanol–water partition coefficient (Wildman–Crippen LogP) is 1.72. The van der Waals surface area contributed by atoms with Crippen LogP contribution in [-0.4, -0.2) is 11.3 Å². The van der Waals surface area contributed by atoms with Crippen molar-refractivity contribution in [2.75, 3.05) is 0 Å². The molecule has 0 aliphatic heterocycles. The fraction of sp³-hybridized carbons (Fsp3) is 0. The highest BCUT2D eigenvalue weighted by Gasteiger charge is 1.97. The van der Waals surface area contributed by atoms with Crippen LogP contribution in [0.15, 0.2) is 9.30 Å². The van der Waals surface area contributed by atoms with Gasteiger partial charge in [0.15, 0.2) is 6.29 Å². The quantitative estimate of drug-likeness (QED) is 0.634. The number of aromatic nitrogens is 1. The van der Waals surface area contributed by atoms with Gasteiger partial charge in [-0.1, -0.05) is 0 Å². The molecule has 1 aromatic heterocycles. The normalized spacial score (nSPS) is 9.12. The van der Waals surface area contributed by atoms with Crippen LogP contribution in [0.3, 0.4) is 0 Å². The van der Waals surface area contributed by atoms with Crippen LogP contribution in [0.2, 0.25) is 0 Å². The van der Waals surface area contributed by atoms with Gasteiger partial charge in [0, 0.05) is 0 Å². The second-order valence-corrected chi connectivity index (χ2v) is 3.30. The number of hydrogen-bond donors (Lipinski definition) is 0. The number of halogens is 1. The van der Waals surface area contributed by atoms with Gasteiger partial charge in [-0.2, -0.15) is 0 Å². The van der Waals surface area contributed by atoms with Crippen molar-refractivity contribution in [1.29, 1.82) is 0 Å². The van der Waals surface area contributed by atoms with E-state index in [1.807, 2.05) is 0 Å². The molecule has 0 amide bonds. The van der Waals surface area contributed by atoms with Crippen LogP contribution < -0.4 is 0 Å². The third-order valence-electron chi connectivity index (χ3n) is 0.661. The number of nitrogens with zero attached hydrogens (tertiary/aromatic N) is 1. The molecule has 0 radical (unpaired) electrons. The van der Waals surface area contributed by atoms with E-state index in [0.717, 1.165) is 10.1 Å². The van der Waals surface area contributed by atoms with E-state index in [9.17, 15) is 4.79 Å². The first-order valence-corrected chi connectivity index (χ1v) is 3.56. The van der Waals surface area contributed by atoms with E-state index in [1.165, 1.54) is 11.3 Å². The van der Waals surface area contributed by atoms with Gasteiger partial charge in [0.2, 0.25) is 0 Å². The number of aldehydes is 1. The first kappa shape index (κ1) is 5.91. The Balaban J connectivity index is 3.09. The number of carbonyl (C=O) groups is 1. The van der Waals surface area contributed by atoms with Gasteiger partial charge >= 0.3 is 0 Å². The summed E-state index contributed by atoms with van der Waals surface area (Å²) in [6.07, 6.45) is 0.723. The molecule has 0 spiro atoms. The summed E-state index contributed by atoms with van der Waals surface area (Å²) >= 11 is 4.55. The molecule has 2 nitrogen and oxygen atoms in total. The van der Waals surface area contributed by atoms with Crippen molar-refractivity contribution in [3.63, 3.8) is 0 Å². The van der Waals surface area contributed by atoms with E-state index in [1.54, 1.807) is 5.51 Å². The van der Waals surface area contributed by atoms with Gasteiger partial charge in [-0.05, 0) is 15.9 Å². The molecule has 1 aromatic rings. The maximum atomic E-state index is 10.0. The van der Waals surface area contributed by atoms with Crippen molar-refractivity contribution in [3.8, 4) is 0 Å². The van der Waals surface area contributed by atoms with Crippen LogP contribution in [0.5, 0.6) is 0 Å². The highest BCUT2D eigenvalue weighted by Crippen LogP contribution is 2.18. The first-order chi connectivity index (χ1) is 3.84. The smallest absolute Gasteiger partial charge is 0.170 e. The average molecular weight is 192 g/mol. The van der Waals surface area contributed by atoms with Gasteiger partial charge in [0.05, 0.1) is 5.51 Å². The molecule has 8 heavy (non-hydrogen) atoms. The molecule has 42 valence electrons. The molecule has 0 atom stereocenters. The van der Waals surface area contributed by atoms with Crippen LogP contribution in [0, 0.1) is 0 Å². The molecule has 0 bridgehead atoms. The number of thiazole rings is 1. The molecule has 0 aromatic carbocycles. The van der Waals surface area contributed by atoms with E-state index in [4.69, 9.17) is 0 Å². The molecule has 4 heteroatoms. The van der Waals surface area contributed by atoms with Gasteiger partial charge in [-0.25, -0.2) is 4.98 Å². The third kappa shape index (κ3) is 0.952. The predicted molar refractivity (Wildman–Crippen MR) is 35.2 cm³/mol. The summed E-state index contributed by atoms with van der Waals surface area (Å²) in [6.45, 7) is 0. The summed E-state index contributed by atoms with van der Waals surface area (Å²) in [4.78, 5) is 13.7. The number of hydrogen-bond acceptors (Lipinski definition) is 3. The van der Waals surface area contributed by atoms with Crippen molar-refractivity contribution < 1.29 is 4.79 Å². The van der Waals surface area contributed by atoms with Crippen molar-refractivity contribution >= 4 is 33.6 Å². The fourth-order valence-corrected chi connectivity index (χ4v) is 1.24. The molecular weight excluding hydrogens is 190 g/mol. The molecule has 1 heterocycles. The zero-order valence-electron chi connectivity index (χ0n) is 3.80. The standard InChI is InChI=1S/C4H2BrNOS/c5-4-3(1-7)6-2-8-4/h1-2H. The molecule has 0 saturated heterocycles. The molecular formula is C4H2BrNOS. The van der Waals surface area contributed by atoms with E-state index in [2.05, 4.69) is 20.9 Å². The van der Waals surface area contributed by atoms with Crippen molar-refractivity contribution in [2.45, 2.75) is 0 Å². The number of carbonyl (C=O) groups excluding carboxylic acids is 1. The average Bonchev–Trinajstić information content (AvgIpc) is 2.14. The summed E-state index contributed by atoms with van der Waals surface area (Å²) in [5.41, 5.74) is 2.10. The van der Waals surface area contributed by atoms with Crippen LogP contribution >= 0.6 is 27.3 Å². The Bertz CT molecular complexity index is 198. The van der Waals surface area contributed by atoms with Gasteiger partial charge < -0.3 is 0 Å². The Hall–Kier alpha value is -0.220. The monoisotopic (exact) mass is 191 g/mol.